The minimum absolute atomic E-state index is 0.196. The van der Waals surface area contributed by atoms with Crippen molar-refractivity contribution in [3.8, 4) is 11.3 Å². The zero-order chi connectivity index (χ0) is 12.5. The summed E-state index contributed by atoms with van der Waals surface area (Å²) < 4.78 is 17.9. The predicted molar refractivity (Wildman–Crippen MR) is 62.4 cm³/mol. The van der Waals surface area contributed by atoms with Crippen LogP contribution in [0, 0.1) is 5.82 Å². The van der Waals surface area contributed by atoms with Gasteiger partial charge in [-0.3, -0.25) is 4.79 Å². The average Bonchev–Trinajstić information content (AvgIpc) is 3.04. The Morgan fingerprint density at radius 3 is 2.72 bits per heavy atom. The summed E-state index contributed by atoms with van der Waals surface area (Å²) in [5, 5.41) is 6.50. The summed E-state index contributed by atoms with van der Waals surface area (Å²) in [6.07, 6.45) is 3.42. The van der Waals surface area contributed by atoms with Crippen LogP contribution in [-0.2, 0) is 0 Å². The number of carbonyl (C=O) groups excluding carboxylic acids is 1. The van der Waals surface area contributed by atoms with E-state index in [1.807, 2.05) is 0 Å². The van der Waals surface area contributed by atoms with Gasteiger partial charge in [0.25, 0.3) is 5.91 Å². The van der Waals surface area contributed by atoms with Gasteiger partial charge in [0, 0.05) is 11.6 Å². The summed E-state index contributed by atoms with van der Waals surface area (Å²) in [5.74, 6) is -0.159. The van der Waals surface area contributed by atoms with Crippen molar-refractivity contribution >= 4 is 5.91 Å². The monoisotopic (exact) mass is 246 g/mol. The van der Waals surface area contributed by atoms with Gasteiger partial charge in [-0.25, -0.2) is 4.39 Å². The second-order valence-electron chi connectivity index (χ2n) is 4.32. The Hall–Kier alpha value is -2.17. The number of rotatable bonds is 3. The van der Waals surface area contributed by atoms with Gasteiger partial charge in [-0.1, -0.05) is 5.16 Å². The van der Waals surface area contributed by atoms with Crippen LogP contribution in [0.15, 0.2) is 35.0 Å². The van der Waals surface area contributed by atoms with E-state index in [0.29, 0.717) is 16.9 Å². The molecular weight excluding hydrogens is 235 g/mol. The summed E-state index contributed by atoms with van der Waals surface area (Å²) in [6.45, 7) is 0. The number of nitrogens with zero attached hydrogens (tertiary/aromatic N) is 1. The first-order valence-corrected chi connectivity index (χ1v) is 5.75. The van der Waals surface area contributed by atoms with E-state index in [0.717, 1.165) is 12.8 Å². The first kappa shape index (κ1) is 11.0. The highest BCUT2D eigenvalue weighted by Gasteiger charge is 2.26. The molecular formula is C13H11FN2O2. The topological polar surface area (TPSA) is 55.1 Å². The fourth-order valence-electron chi connectivity index (χ4n) is 1.70. The zero-order valence-corrected chi connectivity index (χ0v) is 9.52. The highest BCUT2D eigenvalue weighted by Crippen LogP contribution is 2.25. The van der Waals surface area contributed by atoms with Crippen LogP contribution >= 0.6 is 0 Å². The Morgan fingerprint density at radius 2 is 2.06 bits per heavy atom. The number of benzene rings is 1. The van der Waals surface area contributed by atoms with Gasteiger partial charge in [0.05, 0.1) is 6.20 Å². The Kier molecular flexibility index (Phi) is 2.59. The molecule has 2 aromatic rings. The molecule has 0 bridgehead atoms. The van der Waals surface area contributed by atoms with E-state index in [1.165, 1.54) is 18.3 Å². The lowest BCUT2D eigenvalue weighted by Gasteiger charge is -2.02. The normalized spacial score (nSPS) is 14.5. The maximum Gasteiger partial charge on any atom is 0.257 e. The summed E-state index contributed by atoms with van der Waals surface area (Å²) in [6, 6.07) is 6.03. The number of halogens is 1. The lowest BCUT2D eigenvalue weighted by molar-refractivity contribution is 0.0951. The molecule has 0 saturated heterocycles. The molecule has 1 saturated carbocycles. The van der Waals surface area contributed by atoms with E-state index >= 15 is 0 Å². The summed E-state index contributed by atoms with van der Waals surface area (Å²) in [4.78, 5) is 11.9. The Labute approximate surface area is 103 Å². The number of carbonyl (C=O) groups is 1. The molecule has 3 rings (SSSR count). The molecule has 1 heterocycles. The van der Waals surface area contributed by atoms with Crippen molar-refractivity contribution in [2.75, 3.05) is 0 Å². The van der Waals surface area contributed by atoms with Crippen LogP contribution in [0.4, 0.5) is 4.39 Å². The number of amides is 1. The molecule has 1 aromatic heterocycles. The molecule has 1 aliphatic rings. The van der Waals surface area contributed by atoms with Crippen molar-refractivity contribution in [3.63, 3.8) is 0 Å². The second kappa shape index (κ2) is 4.25. The van der Waals surface area contributed by atoms with Crippen molar-refractivity contribution in [1.29, 1.82) is 0 Å². The number of nitrogens with one attached hydrogen (secondary N) is 1. The van der Waals surface area contributed by atoms with Gasteiger partial charge in [0.2, 0.25) is 0 Å². The van der Waals surface area contributed by atoms with Gasteiger partial charge in [0.1, 0.15) is 11.4 Å². The van der Waals surface area contributed by atoms with Gasteiger partial charge in [-0.15, -0.1) is 0 Å². The van der Waals surface area contributed by atoms with Crippen molar-refractivity contribution in [2.24, 2.45) is 0 Å². The van der Waals surface area contributed by atoms with Crippen molar-refractivity contribution in [1.82, 2.24) is 10.5 Å². The Balaban J connectivity index is 1.90. The van der Waals surface area contributed by atoms with Crippen LogP contribution in [0.2, 0.25) is 0 Å². The van der Waals surface area contributed by atoms with E-state index < -0.39 is 0 Å². The van der Waals surface area contributed by atoms with E-state index in [1.54, 1.807) is 12.1 Å². The van der Waals surface area contributed by atoms with Gasteiger partial charge in [-0.2, -0.15) is 0 Å². The largest absolute Gasteiger partial charge is 0.355 e. The minimum Gasteiger partial charge on any atom is -0.355 e. The average molecular weight is 246 g/mol. The van der Waals surface area contributed by atoms with Crippen molar-refractivity contribution in [3.05, 3.63) is 41.8 Å². The first-order chi connectivity index (χ1) is 8.74. The molecule has 1 N–H and O–H groups in total. The molecule has 1 aliphatic carbocycles. The molecule has 5 heteroatoms. The van der Waals surface area contributed by atoms with Crippen molar-refractivity contribution in [2.45, 2.75) is 18.9 Å². The van der Waals surface area contributed by atoms with Gasteiger partial charge in [-0.05, 0) is 37.1 Å². The highest BCUT2D eigenvalue weighted by molar-refractivity contribution is 5.99. The first-order valence-electron chi connectivity index (χ1n) is 5.75. The molecule has 1 amide bonds. The predicted octanol–water partition coefficient (Wildman–Crippen LogP) is 2.37. The van der Waals surface area contributed by atoms with Crippen LogP contribution in [0.5, 0.6) is 0 Å². The van der Waals surface area contributed by atoms with E-state index in [-0.39, 0.29) is 17.8 Å². The molecule has 4 nitrogen and oxygen atoms in total. The number of hydrogen-bond donors (Lipinski definition) is 1. The van der Waals surface area contributed by atoms with E-state index in [2.05, 4.69) is 10.5 Å². The SMILES string of the molecule is O=C(NC1CC1)c1cnoc1-c1ccc(F)cc1. The lowest BCUT2D eigenvalue weighted by atomic mass is 10.1. The van der Waals surface area contributed by atoms with Crippen LogP contribution in [0.25, 0.3) is 11.3 Å². The molecule has 0 aliphatic heterocycles. The Bertz CT molecular complexity index is 573. The molecule has 0 atom stereocenters. The fourth-order valence-corrected chi connectivity index (χ4v) is 1.70. The van der Waals surface area contributed by atoms with Crippen LogP contribution in [0.1, 0.15) is 23.2 Å². The maximum absolute atomic E-state index is 12.8. The summed E-state index contributed by atoms with van der Waals surface area (Å²) >= 11 is 0. The van der Waals surface area contributed by atoms with Gasteiger partial charge in [0.15, 0.2) is 5.76 Å². The molecule has 0 unspecified atom stereocenters. The molecule has 18 heavy (non-hydrogen) atoms. The van der Waals surface area contributed by atoms with Crippen LogP contribution < -0.4 is 5.32 Å². The van der Waals surface area contributed by atoms with Crippen LogP contribution in [0.3, 0.4) is 0 Å². The minimum atomic E-state index is -0.331. The fraction of sp³-hybridized carbons (Fsp3) is 0.231. The third-order valence-corrected chi connectivity index (χ3v) is 2.83. The highest BCUT2D eigenvalue weighted by atomic mass is 19.1. The second-order valence-corrected chi connectivity index (χ2v) is 4.32. The van der Waals surface area contributed by atoms with Gasteiger partial charge < -0.3 is 9.84 Å². The van der Waals surface area contributed by atoms with E-state index in [4.69, 9.17) is 4.52 Å². The molecule has 92 valence electrons. The number of hydrogen-bond acceptors (Lipinski definition) is 3. The van der Waals surface area contributed by atoms with Crippen LogP contribution in [-0.4, -0.2) is 17.1 Å². The molecule has 1 aromatic carbocycles. The number of aromatic nitrogens is 1. The van der Waals surface area contributed by atoms with E-state index in [9.17, 15) is 9.18 Å². The molecule has 0 radical (unpaired) electrons. The summed E-state index contributed by atoms with van der Waals surface area (Å²) in [7, 11) is 0. The van der Waals surface area contributed by atoms with Gasteiger partial charge >= 0.3 is 0 Å². The molecule has 1 fully saturated rings. The third kappa shape index (κ3) is 2.11. The smallest absolute Gasteiger partial charge is 0.257 e. The third-order valence-electron chi connectivity index (χ3n) is 2.83. The van der Waals surface area contributed by atoms with Crippen molar-refractivity contribution < 1.29 is 13.7 Å². The Morgan fingerprint density at radius 1 is 1.33 bits per heavy atom. The maximum atomic E-state index is 12.8. The summed E-state index contributed by atoms with van der Waals surface area (Å²) in [5.41, 5.74) is 1.02. The molecule has 0 spiro atoms. The zero-order valence-electron chi connectivity index (χ0n) is 9.52. The quantitative estimate of drug-likeness (QED) is 0.904. The standard InChI is InChI=1S/C13H11FN2O2/c14-9-3-1-8(2-4-9)12-11(7-15-18-12)13(17)16-10-5-6-10/h1-4,7,10H,5-6H2,(H,16,17). The lowest BCUT2D eigenvalue weighted by Crippen LogP contribution is -2.25.